The van der Waals surface area contributed by atoms with Gasteiger partial charge in [-0.05, 0) is 55.8 Å². The van der Waals surface area contributed by atoms with Gasteiger partial charge in [-0.1, -0.05) is 24.3 Å². The van der Waals surface area contributed by atoms with E-state index in [1.807, 2.05) is 12.2 Å². The van der Waals surface area contributed by atoms with Gasteiger partial charge < -0.3 is 5.11 Å². The zero-order chi connectivity index (χ0) is 22.3. The van der Waals surface area contributed by atoms with Crippen molar-refractivity contribution >= 4 is 29.6 Å². The molecule has 0 aromatic heterocycles. The molecule has 4 fully saturated rings. The number of hydrogen-bond acceptors (Lipinski definition) is 5. The first-order valence-electron chi connectivity index (χ1n) is 11.7. The van der Waals surface area contributed by atoms with Crippen LogP contribution in [0.2, 0.25) is 0 Å². The lowest BCUT2D eigenvalue weighted by Crippen LogP contribution is -2.46. The van der Waals surface area contributed by atoms with Gasteiger partial charge in [0.15, 0.2) is 0 Å². The Balaban J connectivity index is 1.08. The van der Waals surface area contributed by atoms with Gasteiger partial charge in [0.25, 0.3) is 0 Å². The molecular weight excluding hydrogens is 412 g/mol. The summed E-state index contributed by atoms with van der Waals surface area (Å²) in [6.07, 6.45) is 10.8. The summed E-state index contributed by atoms with van der Waals surface area (Å²) in [6, 6.07) is -1.19. The fourth-order valence-corrected chi connectivity index (χ4v) is 7.39. The quantitative estimate of drug-likeness (QED) is 0.363. The Hall–Kier alpha value is -2.77. The molecule has 32 heavy (non-hydrogen) atoms. The van der Waals surface area contributed by atoms with Gasteiger partial charge in [-0.15, -0.1) is 0 Å². The molecule has 6 aliphatic rings. The van der Waals surface area contributed by atoms with Crippen LogP contribution < -0.4 is 0 Å². The number of hydrogen-bond donors (Lipinski definition) is 1. The minimum atomic E-state index is -1.19. The molecule has 2 aliphatic heterocycles. The van der Waals surface area contributed by atoms with Crippen LogP contribution in [0.4, 0.5) is 0 Å². The largest absolute Gasteiger partial charge is 0.480 e. The monoisotopic (exact) mass is 438 g/mol. The van der Waals surface area contributed by atoms with E-state index < -0.39 is 23.8 Å². The summed E-state index contributed by atoms with van der Waals surface area (Å²) in [5.41, 5.74) is 0. The van der Waals surface area contributed by atoms with Crippen LogP contribution in [0.3, 0.4) is 0 Å². The van der Waals surface area contributed by atoms with Crippen molar-refractivity contribution in [1.29, 1.82) is 0 Å². The van der Waals surface area contributed by atoms with Gasteiger partial charge in [-0.3, -0.25) is 29.0 Å². The Bertz CT molecular complexity index is 940. The van der Waals surface area contributed by atoms with Gasteiger partial charge in [-0.25, -0.2) is 4.79 Å². The van der Waals surface area contributed by atoms with E-state index in [4.69, 9.17) is 0 Å². The fraction of sp³-hybridized carbons (Fsp3) is 0.625. The van der Waals surface area contributed by atoms with Crippen LogP contribution >= 0.6 is 0 Å². The fourth-order valence-electron chi connectivity index (χ4n) is 7.39. The van der Waals surface area contributed by atoms with Gasteiger partial charge in [-0.2, -0.15) is 0 Å². The lowest BCUT2D eigenvalue weighted by molar-refractivity contribution is -0.155. The van der Waals surface area contributed by atoms with E-state index in [0.29, 0.717) is 12.8 Å². The number of likely N-dealkylation sites (tertiary alicyclic amines) is 2. The average Bonchev–Trinajstić information content (AvgIpc) is 3.58. The molecule has 2 saturated carbocycles. The molecule has 8 nitrogen and oxygen atoms in total. The van der Waals surface area contributed by atoms with Crippen molar-refractivity contribution in [3.05, 3.63) is 24.3 Å². The van der Waals surface area contributed by atoms with E-state index in [1.165, 1.54) is 4.90 Å². The number of nitrogens with zero attached hydrogens (tertiary/aromatic N) is 2. The van der Waals surface area contributed by atoms with Crippen LogP contribution in [-0.2, 0) is 24.0 Å². The van der Waals surface area contributed by atoms with Crippen molar-refractivity contribution < 1.29 is 29.1 Å². The minimum absolute atomic E-state index is 0.0392. The topological polar surface area (TPSA) is 112 Å². The van der Waals surface area contributed by atoms with Crippen molar-refractivity contribution in [3.63, 3.8) is 0 Å². The number of carbonyl (C=O) groups is 5. The summed E-state index contributed by atoms with van der Waals surface area (Å²) < 4.78 is 0. The van der Waals surface area contributed by atoms with E-state index in [-0.39, 0.29) is 72.1 Å². The first kappa shape index (κ1) is 19.9. The maximum Gasteiger partial charge on any atom is 0.326 e. The summed E-state index contributed by atoms with van der Waals surface area (Å²) in [5.74, 6) is -2.98. The zero-order valence-corrected chi connectivity index (χ0v) is 17.6. The summed E-state index contributed by atoms with van der Waals surface area (Å²) in [6.45, 7) is 0.262. The average molecular weight is 438 g/mol. The maximum absolute atomic E-state index is 12.9. The number of rotatable bonds is 7. The van der Waals surface area contributed by atoms with Crippen molar-refractivity contribution in [2.45, 2.75) is 38.1 Å². The number of unbranched alkanes of at least 4 members (excludes halogenated alkanes) is 1. The maximum atomic E-state index is 12.9. The highest BCUT2D eigenvalue weighted by Gasteiger charge is 2.61. The van der Waals surface area contributed by atoms with Crippen molar-refractivity contribution in [1.82, 2.24) is 9.80 Å². The third-order valence-corrected chi connectivity index (χ3v) is 8.77. The molecule has 4 bridgehead atoms. The highest BCUT2D eigenvalue weighted by atomic mass is 16.4. The van der Waals surface area contributed by atoms with Crippen LogP contribution in [0.15, 0.2) is 24.3 Å². The van der Waals surface area contributed by atoms with E-state index in [1.54, 1.807) is 0 Å². The second-order valence-corrected chi connectivity index (χ2v) is 10.2. The lowest BCUT2D eigenvalue weighted by atomic mass is 9.85. The second-order valence-electron chi connectivity index (χ2n) is 10.2. The molecule has 2 heterocycles. The highest BCUT2D eigenvalue weighted by molar-refractivity contribution is 6.09. The number of allylic oxidation sites excluding steroid dienone is 4. The molecule has 0 spiro atoms. The SMILES string of the molecule is O=C(O)C(CCCCN1C(=O)[C@@H]2[C@H](C1=O)[C@@H]1C=C[C@@H]2C1)N1C(=O)[C@@H]2[C@H](C1=O)[C@@H]1C=C[C@@H]2C1. The number of amides is 4. The molecule has 168 valence electrons. The van der Waals surface area contributed by atoms with Gasteiger partial charge in [0.1, 0.15) is 6.04 Å². The van der Waals surface area contributed by atoms with Gasteiger partial charge in [0, 0.05) is 6.54 Å². The van der Waals surface area contributed by atoms with E-state index in [0.717, 1.165) is 17.7 Å². The number of fused-ring (bicyclic) bond motifs is 10. The molecule has 8 heteroatoms. The second kappa shape index (κ2) is 6.86. The lowest BCUT2D eigenvalue weighted by Gasteiger charge is -2.25. The molecule has 6 rings (SSSR count). The number of carbonyl (C=O) groups excluding carboxylic acids is 4. The Labute approximate surface area is 185 Å². The van der Waals surface area contributed by atoms with Crippen molar-refractivity contribution in [3.8, 4) is 0 Å². The summed E-state index contributed by atoms with van der Waals surface area (Å²) in [5, 5.41) is 9.76. The van der Waals surface area contributed by atoms with Crippen LogP contribution in [0.5, 0.6) is 0 Å². The van der Waals surface area contributed by atoms with Crippen LogP contribution in [0.25, 0.3) is 0 Å². The standard InChI is InChI=1S/C24H26N2O6/c27-20-16-11-4-5-12(9-11)17(16)21(28)25(20)8-2-1-3-15(24(31)32)26-22(29)18-13-6-7-14(10-13)19(18)23(26)30/h4-7,11-19H,1-3,8-10H2,(H,31,32)/t11-,12-,13-,14-,15?,16-,17+,18-,19+/m1/s1. The highest BCUT2D eigenvalue weighted by Crippen LogP contribution is 2.54. The molecule has 0 aromatic carbocycles. The Kier molecular flexibility index (Phi) is 4.26. The van der Waals surface area contributed by atoms with E-state index in [9.17, 15) is 29.1 Å². The number of imide groups is 2. The molecule has 4 aliphatic carbocycles. The number of carboxylic acid groups (broad SMARTS) is 1. The normalized spacial score (nSPS) is 41.4. The van der Waals surface area contributed by atoms with Crippen LogP contribution in [0.1, 0.15) is 32.1 Å². The molecule has 9 atom stereocenters. The van der Waals surface area contributed by atoms with Gasteiger partial charge in [0.05, 0.1) is 23.7 Å². The molecule has 2 saturated heterocycles. The van der Waals surface area contributed by atoms with Crippen molar-refractivity contribution in [2.24, 2.45) is 47.3 Å². The summed E-state index contributed by atoms with van der Waals surface area (Å²) >= 11 is 0. The third-order valence-electron chi connectivity index (χ3n) is 8.77. The minimum Gasteiger partial charge on any atom is -0.480 e. The Morgan fingerprint density at radius 2 is 1.22 bits per heavy atom. The third kappa shape index (κ3) is 2.52. The summed E-state index contributed by atoms with van der Waals surface area (Å²) in [4.78, 5) is 65.7. The molecule has 0 aromatic rings. The molecule has 4 amide bonds. The Morgan fingerprint density at radius 3 is 1.66 bits per heavy atom. The van der Waals surface area contributed by atoms with E-state index in [2.05, 4.69) is 12.2 Å². The predicted octanol–water partition coefficient (Wildman–Crippen LogP) is 1.22. The Morgan fingerprint density at radius 1 is 0.781 bits per heavy atom. The molecular formula is C24H26N2O6. The number of aliphatic carboxylic acids is 1. The number of carboxylic acids is 1. The van der Waals surface area contributed by atoms with Crippen LogP contribution in [-0.4, -0.2) is 57.1 Å². The zero-order valence-electron chi connectivity index (χ0n) is 17.6. The first-order chi connectivity index (χ1) is 15.4. The molecule has 1 unspecified atom stereocenters. The smallest absolute Gasteiger partial charge is 0.326 e. The predicted molar refractivity (Wildman–Crippen MR) is 109 cm³/mol. The molecule has 0 radical (unpaired) electrons. The summed E-state index contributed by atoms with van der Waals surface area (Å²) in [7, 11) is 0. The first-order valence-corrected chi connectivity index (χ1v) is 11.7. The van der Waals surface area contributed by atoms with E-state index >= 15 is 0 Å². The van der Waals surface area contributed by atoms with Gasteiger partial charge in [0.2, 0.25) is 23.6 Å². The van der Waals surface area contributed by atoms with Crippen LogP contribution in [0, 0.1) is 47.3 Å². The van der Waals surface area contributed by atoms with Gasteiger partial charge >= 0.3 is 5.97 Å². The molecule has 1 N–H and O–H groups in total. The van der Waals surface area contributed by atoms with Crippen molar-refractivity contribution in [2.75, 3.05) is 6.54 Å².